The smallest absolute Gasteiger partial charge is 0.263 e. The molecule has 19 heavy (non-hydrogen) atoms. The van der Waals surface area contributed by atoms with Gasteiger partial charge in [-0.2, -0.15) is 0 Å². The minimum absolute atomic E-state index is 0.137. The first-order valence-electron chi connectivity index (χ1n) is 7.14. The molecule has 1 aromatic rings. The maximum absolute atomic E-state index is 12.3. The highest BCUT2D eigenvalue weighted by Crippen LogP contribution is 2.20. The summed E-state index contributed by atoms with van der Waals surface area (Å²) in [7, 11) is 0. The summed E-state index contributed by atoms with van der Waals surface area (Å²) >= 11 is 0. The van der Waals surface area contributed by atoms with Gasteiger partial charge in [0.05, 0.1) is 0 Å². The van der Waals surface area contributed by atoms with Crippen LogP contribution in [0, 0.1) is 13.8 Å². The number of carbonyl (C=O) groups excluding carboxylic acids is 1. The molecule has 1 saturated heterocycles. The number of benzene rings is 1. The Morgan fingerprint density at radius 2 is 1.95 bits per heavy atom. The molecule has 104 valence electrons. The molecular weight excluding hydrogens is 238 g/mol. The van der Waals surface area contributed by atoms with Crippen LogP contribution in [0.3, 0.4) is 0 Å². The van der Waals surface area contributed by atoms with E-state index in [1.165, 1.54) is 11.1 Å². The predicted molar refractivity (Wildman–Crippen MR) is 76.4 cm³/mol. The molecule has 1 fully saturated rings. The molecule has 1 amide bonds. The van der Waals surface area contributed by atoms with Crippen LogP contribution in [-0.2, 0) is 4.79 Å². The van der Waals surface area contributed by atoms with Crippen molar-refractivity contribution in [2.45, 2.75) is 46.1 Å². The van der Waals surface area contributed by atoms with Crippen LogP contribution in [0.2, 0.25) is 0 Å². The molecule has 0 spiro atoms. The van der Waals surface area contributed by atoms with Crippen LogP contribution in [0.1, 0.15) is 37.3 Å². The van der Waals surface area contributed by atoms with Crippen molar-refractivity contribution in [2.75, 3.05) is 13.1 Å². The second kappa shape index (κ2) is 6.09. The number of carbonyl (C=O) groups is 1. The Labute approximate surface area is 115 Å². The van der Waals surface area contributed by atoms with E-state index in [-0.39, 0.29) is 12.0 Å². The summed E-state index contributed by atoms with van der Waals surface area (Å²) in [4.78, 5) is 14.3. The van der Waals surface area contributed by atoms with Gasteiger partial charge >= 0.3 is 0 Å². The van der Waals surface area contributed by atoms with Crippen molar-refractivity contribution >= 4 is 5.91 Å². The first-order chi connectivity index (χ1) is 9.11. The van der Waals surface area contributed by atoms with Gasteiger partial charge in [-0.1, -0.05) is 13.0 Å². The fourth-order valence-corrected chi connectivity index (χ4v) is 2.40. The zero-order chi connectivity index (χ0) is 13.8. The SMILES string of the molecule is CC[C@H](Oc1ccc(C)c(C)c1)C(=O)N1CCCC1. The lowest BCUT2D eigenvalue weighted by Crippen LogP contribution is -2.40. The number of ether oxygens (including phenoxy) is 1. The molecule has 0 radical (unpaired) electrons. The second-order valence-corrected chi connectivity index (χ2v) is 5.29. The normalized spacial score (nSPS) is 16.5. The van der Waals surface area contributed by atoms with Gasteiger partial charge in [0, 0.05) is 13.1 Å². The van der Waals surface area contributed by atoms with Crippen LogP contribution < -0.4 is 4.74 Å². The van der Waals surface area contributed by atoms with Crippen LogP contribution in [-0.4, -0.2) is 30.0 Å². The van der Waals surface area contributed by atoms with Crippen LogP contribution in [0.5, 0.6) is 5.75 Å². The third-order valence-electron chi connectivity index (χ3n) is 3.82. The molecule has 0 aromatic heterocycles. The van der Waals surface area contributed by atoms with Crippen molar-refractivity contribution in [2.24, 2.45) is 0 Å². The largest absolute Gasteiger partial charge is 0.481 e. The Hall–Kier alpha value is -1.51. The van der Waals surface area contributed by atoms with Gasteiger partial charge in [-0.3, -0.25) is 4.79 Å². The molecule has 0 N–H and O–H groups in total. The standard InChI is InChI=1S/C16H23NO2/c1-4-15(16(18)17-9-5-6-10-17)19-14-8-7-12(2)13(3)11-14/h7-8,11,15H,4-6,9-10H2,1-3H3/t15-/m0/s1. The highest BCUT2D eigenvalue weighted by molar-refractivity contribution is 5.81. The van der Waals surface area contributed by atoms with Crippen molar-refractivity contribution in [3.8, 4) is 5.75 Å². The van der Waals surface area contributed by atoms with Crippen molar-refractivity contribution in [3.05, 3.63) is 29.3 Å². The average molecular weight is 261 g/mol. The Morgan fingerprint density at radius 3 is 2.53 bits per heavy atom. The van der Waals surface area contributed by atoms with Crippen LogP contribution in [0.25, 0.3) is 0 Å². The van der Waals surface area contributed by atoms with Gasteiger partial charge in [-0.05, 0) is 56.4 Å². The molecule has 0 unspecified atom stereocenters. The van der Waals surface area contributed by atoms with Gasteiger partial charge in [0.15, 0.2) is 6.10 Å². The fraction of sp³-hybridized carbons (Fsp3) is 0.562. The Kier molecular flexibility index (Phi) is 4.46. The van der Waals surface area contributed by atoms with E-state index >= 15 is 0 Å². The summed E-state index contributed by atoms with van der Waals surface area (Å²) < 4.78 is 5.88. The average Bonchev–Trinajstić information content (AvgIpc) is 2.93. The lowest BCUT2D eigenvalue weighted by molar-refractivity contribution is -0.137. The summed E-state index contributed by atoms with van der Waals surface area (Å²) in [6.45, 7) is 7.90. The Balaban J connectivity index is 2.05. The molecule has 0 aliphatic carbocycles. The number of rotatable bonds is 4. The van der Waals surface area contributed by atoms with Crippen molar-refractivity contribution in [1.82, 2.24) is 4.90 Å². The van der Waals surface area contributed by atoms with Crippen molar-refractivity contribution < 1.29 is 9.53 Å². The number of amides is 1. The Morgan fingerprint density at radius 1 is 1.26 bits per heavy atom. The highest BCUT2D eigenvalue weighted by Gasteiger charge is 2.26. The number of nitrogens with zero attached hydrogens (tertiary/aromatic N) is 1. The minimum atomic E-state index is -0.347. The van der Waals surface area contributed by atoms with E-state index in [9.17, 15) is 4.79 Å². The van der Waals surface area contributed by atoms with Crippen molar-refractivity contribution in [1.29, 1.82) is 0 Å². The summed E-state index contributed by atoms with van der Waals surface area (Å²) in [5.41, 5.74) is 2.44. The van der Waals surface area contributed by atoms with Crippen LogP contribution >= 0.6 is 0 Å². The molecule has 1 aliphatic heterocycles. The quantitative estimate of drug-likeness (QED) is 0.833. The van der Waals surface area contributed by atoms with Gasteiger partial charge in [0.2, 0.25) is 0 Å². The third-order valence-corrected chi connectivity index (χ3v) is 3.82. The molecule has 0 saturated carbocycles. The van der Waals surface area contributed by atoms with Gasteiger partial charge in [0.25, 0.3) is 5.91 Å². The number of hydrogen-bond acceptors (Lipinski definition) is 2. The highest BCUT2D eigenvalue weighted by atomic mass is 16.5. The molecule has 3 heteroatoms. The molecule has 1 aromatic carbocycles. The summed E-state index contributed by atoms with van der Waals surface area (Å²) in [6, 6.07) is 6.00. The molecule has 2 rings (SSSR count). The Bertz CT molecular complexity index is 450. The van der Waals surface area contributed by atoms with Crippen LogP contribution in [0.15, 0.2) is 18.2 Å². The first-order valence-corrected chi connectivity index (χ1v) is 7.14. The number of hydrogen-bond donors (Lipinski definition) is 0. The van der Waals surface area contributed by atoms with E-state index in [0.29, 0.717) is 6.42 Å². The number of likely N-dealkylation sites (tertiary alicyclic amines) is 1. The van der Waals surface area contributed by atoms with Gasteiger partial charge in [-0.25, -0.2) is 0 Å². The lowest BCUT2D eigenvalue weighted by Gasteiger charge is -2.23. The summed E-state index contributed by atoms with van der Waals surface area (Å²) in [6.07, 6.45) is 2.60. The molecule has 0 bridgehead atoms. The predicted octanol–water partition coefficient (Wildman–Crippen LogP) is 3.08. The van der Waals surface area contributed by atoms with E-state index in [0.717, 1.165) is 31.7 Å². The first kappa shape index (κ1) is 13.9. The third kappa shape index (κ3) is 3.28. The molecular formula is C16H23NO2. The topological polar surface area (TPSA) is 29.5 Å². The zero-order valence-corrected chi connectivity index (χ0v) is 12.1. The van der Waals surface area contributed by atoms with Crippen molar-refractivity contribution in [3.63, 3.8) is 0 Å². The zero-order valence-electron chi connectivity index (χ0n) is 12.1. The number of aryl methyl sites for hydroxylation is 2. The molecule has 1 aliphatic rings. The second-order valence-electron chi connectivity index (χ2n) is 5.29. The summed E-state index contributed by atoms with van der Waals surface area (Å²) in [5, 5.41) is 0. The monoisotopic (exact) mass is 261 g/mol. The van der Waals surface area contributed by atoms with E-state index in [2.05, 4.69) is 13.8 Å². The van der Waals surface area contributed by atoms with Gasteiger partial charge in [0.1, 0.15) is 5.75 Å². The maximum Gasteiger partial charge on any atom is 0.263 e. The molecule has 1 atom stereocenters. The van der Waals surface area contributed by atoms with E-state index in [4.69, 9.17) is 4.74 Å². The molecule has 1 heterocycles. The maximum atomic E-state index is 12.3. The van der Waals surface area contributed by atoms with Gasteiger partial charge < -0.3 is 9.64 Å². The van der Waals surface area contributed by atoms with Crippen LogP contribution in [0.4, 0.5) is 0 Å². The van der Waals surface area contributed by atoms with E-state index in [1.807, 2.05) is 30.0 Å². The van der Waals surface area contributed by atoms with E-state index < -0.39 is 0 Å². The fourth-order valence-electron chi connectivity index (χ4n) is 2.40. The lowest BCUT2D eigenvalue weighted by atomic mass is 10.1. The van der Waals surface area contributed by atoms with E-state index in [1.54, 1.807) is 0 Å². The molecule has 3 nitrogen and oxygen atoms in total. The minimum Gasteiger partial charge on any atom is -0.481 e. The van der Waals surface area contributed by atoms with Gasteiger partial charge in [-0.15, -0.1) is 0 Å². The summed E-state index contributed by atoms with van der Waals surface area (Å²) in [5.74, 6) is 0.931.